The van der Waals surface area contributed by atoms with Crippen molar-refractivity contribution in [1.82, 2.24) is 19.7 Å². The van der Waals surface area contributed by atoms with Gasteiger partial charge in [-0.15, -0.1) is 0 Å². The first-order chi connectivity index (χ1) is 13.0. The molecule has 0 radical (unpaired) electrons. The van der Waals surface area contributed by atoms with Crippen molar-refractivity contribution < 1.29 is 14.2 Å². The maximum atomic E-state index is 6.49. The topological polar surface area (TPSA) is 97.3 Å². The Morgan fingerprint density at radius 1 is 1.22 bits per heavy atom. The van der Waals surface area contributed by atoms with Gasteiger partial charge in [0.1, 0.15) is 5.82 Å². The Morgan fingerprint density at radius 2 is 2.00 bits per heavy atom. The molecule has 3 aromatic rings. The van der Waals surface area contributed by atoms with Gasteiger partial charge in [-0.1, -0.05) is 25.4 Å². The molecule has 1 aliphatic heterocycles. The van der Waals surface area contributed by atoms with Crippen LogP contribution >= 0.6 is 11.6 Å². The fraction of sp³-hybridized carbons (Fsp3) is 0.278. The summed E-state index contributed by atoms with van der Waals surface area (Å²) in [6.45, 7) is 4.22. The largest absolute Gasteiger partial charge is 0.478 e. The van der Waals surface area contributed by atoms with E-state index in [1.54, 1.807) is 18.5 Å². The van der Waals surface area contributed by atoms with E-state index >= 15 is 0 Å². The third-order valence-corrected chi connectivity index (χ3v) is 4.53. The minimum absolute atomic E-state index is 0.107. The Kier molecular flexibility index (Phi) is 4.27. The molecule has 0 aliphatic carbocycles. The molecule has 0 bridgehead atoms. The number of hydrogen-bond acceptors (Lipinski definition) is 7. The molecule has 9 heteroatoms. The molecule has 0 saturated carbocycles. The summed E-state index contributed by atoms with van der Waals surface area (Å²) >= 11 is 6.37. The number of nitrogens with zero attached hydrogens (tertiary/aromatic N) is 4. The minimum Gasteiger partial charge on any atom is -0.478 e. The van der Waals surface area contributed by atoms with Crippen LogP contribution < -0.4 is 19.9 Å². The summed E-state index contributed by atoms with van der Waals surface area (Å²) in [6.07, 6.45) is 3.11. The molecule has 0 saturated heterocycles. The molecule has 2 N–H and O–H groups in total. The molecular weight excluding hydrogens is 370 g/mol. The molecule has 8 nitrogen and oxygen atoms in total. The van der Waals surface area contributed by atoms with Gasteiger partial charge in [0.15, 0.2) is 11.5 Å². The van der Waals surface area contributed by atoms with Gasteiger partial charge < -0.3 is 19.9 Å². The summed E-state index contributed by atoms with van der Waals surface area (Å²) in [5.41, 5.74) is 8.84. The van der Waals surface area contributed by atoms with E-state index in [1.807, 2.05) is 19.9 Å². The normalized spacial score (nSPS) is 12.6. The number of anilines is 1. The summed E-state index contributed by atoms with van der Waals surface area (Å²) in [4.78, 5) is 8.50. The van der Waals surface area contributed by atoms with Crippen molar-refractivity contribution in [2.45, 2.75) is 19.8 Å². The number of fused-ring (bicyclic) bond motifs is 1. The van der Waals surface area contributed by atoms with E-state index in [2.05, 4.69) is 15.1 Å². The lowest BCUT2D eigenvalue weighted by molar-refractivity contribution is 0.174. The Bertz CT molecular complexity index is 1020. The van der Waals surface area contributed by atoms with Crippen LogP contribution in [0.1, 0.15) is 25.5 Å². The van der Waals surface area contributed by atoms with Crippen LogP contribution in [0.5, 0.6) is 17.4 Å². The lowest BCUT2D eigenvalue weighted by atomic mass is 9.99. The third kappa shape index (κ3) is 2.82. The number of aromatic nitrogens is 4. The summed E-state index contributed by atoms with van der Waals surface area (Å²) in [5, 5.41) is 5.14. The third-order valence-electron chi connectivity index (χ3n) is 4.25. The van der Waals surface area contributed by atoms with E-state index in [1.165, 1.54) is 11.8 Å². The number of hydrogen-bond donors (Lipinski definition) is 1. The fourth-order valence-electron chi connectivity index (χ4n) is 3.03. The maximum absolute atomic E-state index is 6.49. The van der Waals surface area contributed by atoms with Gasteiger partial charge in [0.2, 0.25) is 12.6 Å². The van der Waals surface area contributed by atoms with Gasteiger partial charge in [-0.2, -0.15) is 9.78 Å². The molecule has 1 aromatic carbocycles. The van der Waals surface area contributed by atoms with Crippen molar-refractivity contribution in [3.8, 4) is 34.3 Å². The van der Waals surface area contributed by atoms with Gasteiger partial charge in [0, 0.05) is 18.0 Å². The van der Waals surface area contributed by atoms with Gasteiger partial charge in [-0.05, 0) is 23.6 Å². The smallest absolute Gasteiger partial charge is 0.259 e. The second-order valence-electron chi connectivity index (χ2n) is 6.29. The van der Waals surface area contributed by atoms with Crippen LogP contribution in [-0.2, 0) is 0 Å². The van der Waals surface area contributed by atoms with Crippen molar-refractivity contribution in [2.75, 3.05) is 19.6 Å². The molecule has 4 rings (SSSR count). The van der Waals surface area contributed by atoms with Crippen LogP contribution in [0.4, 0.5) is 5.82 Å². The second-order valence-corrected chi connectivity index (χ2v) is 6.70. The average molecular weight is 388 g/mol. The van der Waals surface area contributed by atoms with Gasteiger partial charge in [-0.3, -0.25) is 0 Å². The molecule has 0 unspecified atom stereocenters. The summed E-state index contributed by atoms with van der Waals surface area (Å²) < 4.78 is 17.7. The molecule has 2 aromatic heterocycles. The van der Waals surface area contributed by atoms with Crippen molar-refractivity contribution in [3.05, 3.63) is 35.2 Å². The molecule has 3 heterocycles. The number of nitrogen functional groups attached to an aromatic ring is 1. The molecule has 1 aliphatic rings. The number of nitrogens with two attached hydrogens (primary N) is 1. The van der Waals surface area contributed by atoms with Crippen molar-refractivity contribution >= 4 is 17.4 Å². The maximum Gasteiger partial charge on any atom is 0.259 e. The molecular formula is C18H18ClN5O3. The number of benzene rings is 1. The highest BCUT2D eigenvalue weighted by Gasteiger charge is 2.26. The van der Waals surface area contributed by atoms with Gasteiger partial charge in [0.05, 0.1) is 17.8 Å². The molecule has 0 fully saturated rings. The Labute approximate surface area is 160 Å². The molecule has 0 atom stereocenters. The summed E-state index contributed by atoms with van der Waals surface area (Å²) in [5.74, 6) is 2.38. The standard InChI is InChI=1S/C18H18ClN5O3/c1-9(2)14-13(10-6-11(19)15-12(7-10)26-8-27-15)16(20)24(23-14)17-18(25-3)22-5-4-21-17/h4-7,9H,8,20H2,1-3H3. The van der Waals surface area contributed by atoms with Crippen LogP contribution in [0, 0.1) is 0 Å². The Morgan fingerprint density at radius 3 is 2.74 bits per heavy atom. The number of methoxy groups -OCH3 is 1. The molecule has 140 valence electrons. The number of ether oxygens (including phenoxy) is 3. The van der Waals surface area contributed by atoms with Crippen LogP contribution in [-0.4, -0.2) is 33.7 Å². The Balaban J connectivity index is 1.94. The van der Waals surface area contributed by atoms with E-state index in [4.69, 9.17) is 31.5 Å². The Hall–Kier alpha value is -3.00. The lowest BCUT2D eigenvalue weighted by Crippen LogP contribution is -2.07. The highest BCUT2D eigenvalue weighted by atomic mass is 35.5. The monoisotopic (exact) mass is 387 g/mol. The van der Waals surface area contributed by atoms with Gasteiger partial charge in [0.25, 0.3) is 5.88 Å². The van der Waals surface area contributed by atoms with Crippen LogP contribution in [0.3, 0.4) is 0 Å². The van der Waals surface area contributed by atoms with E-state index in [0.29, 0.717) is 34.0 Å². The minimum atomic E-state index is 0.107. The van der Waals surface area contributed by atoms with E-state index in [-0.39, 0.29) is 12.7 Å². The molecule has 0 amide bonds. The molecule has 27 heavy (non-hydrogen) atoms. The summed E-state index contributed by atoms with van der Waals surface area (Å²) in [7, 11) is 1.52. The number of rotatable bonds is 4. The van der Waals surface area contributed by atoms with Gasteiger partial charge >= 0.3 is 0 Å². The van der Waals surface area contributed by atoms with E-state index in [0.717, 1.165) is 16.8 Å². The fourth-order valence-corrected chi connectivity index (χ4v) is 3.29. The van der Waals surface area contributed by atoms with E-state index < -0.39 is 0 Å². The lowest BCUT2D eigenvalue weighted by Gasteiger charge is -2.09. The van der Waals surface area contributed by atoms with Gasteiger partial charge in [-0.25, -0.2) is 9.97 Å². The quantitative estimate of drug-likeness (QED) is 0.732. The zero-order valence-corrected chi connectivity index (χ0v) is 15.8. The highest BCUT2D eigenvalue weighted by molar-refractivity contribution is 6.32. The highest BCUT2D eigenvalue weighted by Crippen LogP contribution is 2.45. The first kappa shape index (κ1) is 17.4. The average Bonchev–Trinajstić information content (AvgIpc) is 3.26. The van der Waals surface area contributed by atoms with E-state index in [9.17, 15) is 0 Å². The first-order valence-electron chi connectivity index (χ1n) is 8.34. The first-order valence-corrected chi connectivity index (χ1v) is 8.72. The summed E-state index contributed by atoms with van der Waals surface area (Å²) in [6, 6.07) is 3.65. The number of halogens is 1. The SMILES string of the molecule is COc1nccnc1-n1nc(C(C)C)c(-c2cc(Cl)c3c(c2)OCO3)c1N. The zero-order chi connectivity index (χ0) is 19.1. The van der Waals surface area contributed by atoms with Crippen LogP contribution in [0.15, 0.2) is 24.5 Å². The predicted octanol–water partition coefficient (Wildman–Crippen LogP) is 3.43. The second kappa shape index (κ2) is 6.62. The van der Waals surface area contributed by atoms with Crippen LogP contribution in [0.2, 0.25) is 5.02 Å². The van der Waals surface area contributed by atoms with Crippen molar-refractivity contribution in [3.63, 3.8) is 0 Å². The van der Waals surface area contributed by atoms with Crippen LogP contribution in [0.25, 0.3) is 16.9 Å². The zero-order valence-electron chi connectivity index (χ0n) is 15.1. The van der Waals surface area contributed by atoms with Crippen molar-refractivity contribution in [1.29, 1.82) is 0 Å². The predicted molar refractivity (Wildman–Crippen MR) is 101 cm³/mol. The molecule has 0 spiro atoms. The van der Waals surface area contributed by atoms with Crippen molar-refractivity contribution in [2.24, 2.45) is 0 Å².